The lowest BCUT2D eigenvalue weighted by Crippen LogP contribution is -2.31. The third-order valence-electron chi connectivity index (χ3n) is 3.49. The van der Waals surface area contributed by atoms with Gasteiger partial charge in [0.2, 0.25) is 0 Å². The molecule has 0 radical (unpaired) electrons. The number of carbonyl (C=O) groups is 2. The first-order valence-corrected chi connectivity index (χ1v) is 6.17. The van der Waals surface area contributed by atoms with E-state index in [1.54, 1.807) is 13.8 Å². The van der Waals surface area contributed by atoms with E-state index < -0.39 is 12.1 Å². The molecule has 1 fully saturated rings. The van der Waals surface area contributed by atoms with Gasteiger partial charge in [0.25, 0.3) is 0 Å². The summed E-state index contributed by atoms with van der Waals surface area (Å²) in [5.41, 5.74) is 0. The van der Waals surface area contributed by atoms with Gasteiger partial charge in [0.05, 0.1) is 12.5 Å². The van der Waals surface area contributed by atoms with Gasteiger partial charge in [-0.3, -0.25) is 4.79 Å². The van der Waals surface area contributed by atoms with Crippen LogP contribution in [-0.4, -0.2) is 24.6 Å². The van der Waals surface area contributed by atoms with Gasteiger partial charge in [-0.2, -0.15) is 0 Å². The summed E-state index contributed by atoms with van der Waals surface area (Å²) >= 11 is 0. The van der Waals surface area contributed by atoms with E-state index >= 15 is 0 Å². The Balaban J connectivity index is 1.85. The minimum absolute atomic E-state index is 0.0677. The normalized spacial score (nSPS) is 31.3. The summed E-state index contributed by atoms with van der Waals surface area (Å²) in [7, 11) is 0. The average molecular weight is 238 g/mol. The zero-order valence-electron chi connectivity index (χ0n) is 10.2. The Morgan fingerprint density at radius 1 is 1.35 bits per heavy atom. The average Bonchev–Trinajstić information content (AvgIpc) is 2.90. The van der Waals surface area contributed by atoms with Gasteiger partial charge in [-0.25, -0.2) is 4.79 Å². The highest BCUT2D eigenvalue weighted by Crippen LogP contribution is 2.43. The second kappa shape index (κ2) is 4.90. The Kier molecular flexibility index (Phi) is 3.50. The van der Waals surface area contributed by atoms with E-state index in [-0.39, 0.29) is 11.9 Å². The van der Waals surface area contributed by atoms with Crippen molar-refractivity contribution in [3.8, 4) is 0 Å². The summed E-state index contributed by atoms with van der Waals surface area (Å²) in [5.74, 6) is 0.0289. The van der Waals surface area contributed by atoms with Crippen LogP contribution in [0.2, 0.25) is 0 Å². The molecule has 0 heterocycles. The molecule has 4 heteroatoms. The second-order valence-electron chi connectivity index (χ2n) is 4.72. The van der Waals surface area contributed by atoms with Gasteiger partial charge in [-0.1, -0.05) is 12.2 Å². The summed E-state index contributed by atoms with van der Waals surface area (Å²) in [5, 5.41) is 0. The van der Waals surface area contributed by atoms with Crippen LogP contribution in [0.15, 0.2) is 12.2 Å². The number of hydrogen-bond donors (Lipinski definition) is 0. The summed E-state index contributed by atoms with van der Waals surface area (Å²) in [4.78, 5) is 23.2. The molecule has 0 amide bonds. The molecular weight excluding hydrogens is 220 g/mol. The molecule has 17 heavy (non-hydrogen) atoms. The lowest BCUT2D eigenvalue weighted by molar-refractivity contribution is -0.169. The van der Waals surface area contributed by atoms with Crippen LogP contribution in [0.25, 0.3) is 0 Å². The third kappa shape index (κ3) is 2.51. The van der Waals surface area contributed by atoms with E-state index in [0.717, 1.165) is 12.8 Å². The molecule has 0 aromatic rings. The molecule has 0 N–H and O–H groups in total. The zero-order valence-corrected chi connectivity index (χ0v) is 10.2. The fraction of sp³-hybridized carbons (Fsp3) is 0.692. The smallest absolute Gasteiger partial charge is 0.347 e. The highest BCUT2D eigenvalue weighted by atomic mass is 16.6. The predicted octanol–water partition coefficient (Wildman–Crippen LogP) is 1.69. The van der Waals surface area contributed by atoms with Crippen LogP contribution in [0.3, 0.4) is 0 Å². The first-order chi connectivity index (χ1) is 8.11. The number of esters is 2. The van der Waals surface area contributed by atoms with Gasteiger partial charge in [0, 0.05) is 0 Å². The van der Waals surface area contributed by atoms with E-state index in [1.165, 1.54) is 0 Å². The van der Waals surface area contributed by atoms with Crippen LogP contribution in [0, 0.1) is 17.8 Å². The molecular formula is C13H18O4. The van der Waals surface area contributed by atoms with Crippen molar-refractivity contribution >= 4 is 11.9 Å². The Morgan fingerprint density at radius 2 is 2.12 bits per heavy atom. The summed E-state index contributed by atoms with van der Waals surface area (Å²) < 4.78 is 9.95. The Hall–Kier alpha value is -1.32. The summed E-state index contributed by atoms with van der Waals surface area (Å²) in [6.07, 6.45) is 5.37. The molecule has 4 nitrogen and oxygen atoms in total. The minimum atomic E-state index is -0.800. The molecule has 0 aliphatic heterocycles. The number of rotatable bonds is 4. The van der Waals surface area contributed by atoms with E-state index in [4.69, 9.17) is 9.47 Å². The predicted molar refractivity (Wildman–Crippen MR) is 61.0 cm³/mol. The van der Waals surface area contributed by atoms with Crippen molar-refractivity contribution in [1.29, 1.82) is 0 Å². The molecule has 0 aromatic carbocycles. The van der Waals surface area contributed by atoms with E-state index in [2.05, 4.69) is 12.2 Å². The molecule has 0 aromatic heterocycles. The van der Waals surface area contributed by atoms with E-state index in [1.807, 2.05) is 0 Å². The maximum atomic E-state index is 11.9. The Bertz CT molecular complexity index is 347. The fourth-order valence-corrected chi connectivity index (χ4v) is 2.62. The van der Waals surface area contributed by atoms with Gasteiger partial charge < -0.3 is 9.47 Å². The SMILES string of the molecule is CCOC(=O)[C@H](C)OC(=O)[C@@H]1C[C@@H]2C=C[C@H]1C2. The van der Waals surface area contributed by atoms with Crippen molar-refractivity contribution in [2.75, 3.05) is 6.61 Å². The quantitative estimate of drug-likeness (QED) is 0.552. The Morgan fingerprint density at radius 3 is 2.65 bits per heavy atom. The largest absolute Gasteiger partial charge is 0.463 e. The minimum Gasteiger partial charge on any atom is -0.463 e. The molecule has 1 saturated carbocycles. The monoisotopic (exact) mass is 238 g/mol. The van der Waals surface area contributed by atoms with Crippen LogP contribution in [0.4, 0.5) is 0 Å². The maximum absolute atomic E-state index is 11.9. The van der Waals surface area contributed by atoms with E-state index in [0.29, 0.717) is 18.4 Å². The van der Waals surface area contributed by atoms with Crippen molar-refractivity contribution < 1.29 is 19.1 Å². The van der Waals surface area contributed by atoms with Crippen molar-refractivity contribution in [1.82, 2.24) is 0 Å². The van der Waals surface area contributed by atoms with Gasteiger partial charge in [-0.05, 0) is 38.5 Å². The molecule has 4 atom stereocenters. The number of ether oxygens (including phenoxy) is 2. The van der Waals surface area contributed by atoms with Crippen LogP contribution in [0.5, 0.6) is 0 Å². The summed E-state index contributed by atoms with van der Waals surface area (Å²) in [6, 6.07) is 0. The molecule has 2 aliphatic rings. The Labute approximate surface area is 101 Å². The lowest BCUT2D eigenvalue weighted by Gasteiger charge is -2.19. The first kappa shape index (κ1) is 12.1. The van der Waals surface area contributed by atoms with Gasteiger partial charge in [0.15, 0.2) is 6.10 Å². The van der Waals surface area contributed by atoms with Crippen molar-refractivity contribution in [3.63, 3.8) is 0 Å². The molecule has 0 saturated heterocycles. The number of carbonyl (C=O) groups excluding carboxylic acids is 2. The number of hydrogen-bond acceptors (Lipinski definition) is 4. The van der Waals surface area contributed by atoms with Crippen molar-refractivity contribution in [2.24, 2.45) is 17.8 Å². The van der Waals surface area contributed by atoms with Crippen LogP contribution in [-0.2, 0) is 19.1 Å². The highest BCUT2D eigenvalue weighted by molar-refractivity contribution is 5.80. The van der Waals surface area contributed by atoms with E-state index in [9.17, 15) is 9.59 Å². The van der Waals surface area contributed by atoms with Gasteiger partial charge in [0.1, 0.15) is 0 Å². The van der Waals surface area contributed by atoms with Crippen LogP contribution >= 0.6 is 0 Å². The lowest BCUT2D eigenvalue weighted by atomic mass is 9.94. The number of allylic oxidation sites excluding steroid dienone is 2. The molecule has 2 bridgehead atoms. The van der Waals surface area contributed by atoms with Gasteiger partial charge >= 0.3 is 11.9 Å². The summed E-state index contributed by atoms with van der Waals surface area (Å²) in [6.45, 7) is 3.59. The van der Waals surface area contributed by atoms with Crippen molar-refractivity contribution in [3.05, 3.63) is 12.2 Å². The molecule has 0 unspecified atom stereocenters. The standard InChI is InChI=1S/C13H18O4/c1-3-16-12(14)8(2)17-13(15)11-7-9-4-5-10(11)6-9/h4-5,8-11H,3,6-7H2,1-2H3/t8-,9+,10-,11+/m0/s1. The molecule has 2 rings (SSSR count). The van der Waals surface area contributed by atoms with Crippen LogP contribution < -0.4 is 0 Å². The van der Waals surface area contributed by atoms with Gasteiger partial charge in [-0.15, -0.1) is 0 Å². The maximum Gasteiger partial charge on any atom is 0.347 e. The fourth-order valence-electron chi connectivity index (χ4n) is 2.62. The van der Waals surface area contributed by atoms with Crippen molar-refractivity contribution in [2.45, 2.75) is 32.8 Å². The number of fused-ring (bicyclic) bond motifs is 2. The zero-order chi connectivity index (χ0) is 12.4. The highest BCUT2D eigenvalue weighted by Gasteiger charge is 2.41. The van der Waals surface area contributed by atoms with Crippen LogP contribution in [0.1, 0.15) is 26.7 Å². The first-order valence-electron chi connectivity index (χ1n) is 6.17. The topological polar surface area (TPSA) is 52.6 Å². The third-order valence-corrected chi connectivity index (χ3v) is 3.49. The molecule has 0 spiro atoms. The second-order valence-corrected chi connectivity index (χ2v) is 4.72. The molecule has 2 aliphatic carbocycles. The molecule has 94 valence electrons.